The molecule has 1 aliphatic heterocycles. The third-order valence-electron chi connectivity index (χ3n) is 3.95. The van der Waals surface area contributed by atoms with Crippen LogP contribution in [-0.4, -0.2) is 29.1 Å². The number of aromatic nitrogens is 2. The minimum absolute atomic E-state index is 0.157. The maximum atomic E-state index is 12.2. The van der Waals surface area contributed by atoms with Gasteiger partial charge >= 0.3 is 0 Å². The van der Waals surface area contributed by atoms with Crippen LogP contribution >= 0.6 is 0 Å². The van der Waals surface area contributed by atoms with Crippen LogP contribution in [0.5, 0.6) is 0 Å². The standard InChI is InChI=1S/C16H20N4O2/c1-11-15(12(2)22-19-11)16(21)18-10-13-5-6-17-14(9-13)20-7-3-4-8-20/h5-6,9H,3-4,7-8,10H2,1-2H3,(H,18,21). The Morgan fingerprint density at radius 1 is 1.36 bits per heavy atom. The van der Waals surface area contributed by atoms with Gasteiger partial charge in [0.25, 0.3) is 5.91 Å². The molecule has 3 heterocycles. The number of nitrogens with one attached hydrogen (secondary N) is 1. The summed E-state index contributed by atoms with van der Waals surface area (Å²) in [4.78, 5) is 18.9. The Balaban J connectivity index is 1.66. The van der Waals surface area contributed by atoms with Crippen LogP contribution in [0.15, 0.2) is 22.9 Å². The van der Waals surface area contributed by atoms with Crippen LogP contribution in [0.2, 0.25) is 0 Å². The SMILES string of the molecule is Cc1noc(C)c1C(=O)NCc1ccnc(N2CCCC2)c1. The Morgan fingerprint density at radius 2 is 2.14 bits per heavy atom. The molecule has 6 nitrogen and oxygen atoms in total. The van der Waals surface area contributed by atoms with E-state index in [1.807, 2.05) is 12.1 Å². The van der Waals surface area contributed by atoms with E-state index < -0.39 is 0 Å². The average molecular weight is 300 g/mol. The van der Waals surface area contributed by atoms with E-state index in [0.29, 0.717) is 23.6 Å². The van der Waals surface area contributed by atoms with Crippen LogP contribution < -0.4 is 10.2 Å². The first-order chi connectivity index (χ1) is 10.6. The van der Waals surface area contributed by atoms with Gasteiger partial charge in [-0.25, -0.2) is 4.98 Å². The first kappa shape index (κ1) is 14.6. The second-order valence-electron chi connectivity index (χ2n) is 5.60. The zero-order valence-electron chi connectivity index (χ0n) is 12.9. The molecule has 1 aliphatic rings. The van der Waals surface area contributed by atoms with Gasteiger partial charge in [0.05, 0.1) is 5.69 Å². The first-order valence-electron chi connectivity index (χ1n) is 7.56. The van der Waals surface area contributed by atoms with Gasteiger partial charge < -0.3 is 14.7 Å². The number of carbonyl (C=O) groups is 1. The van der Waals surface area contributed by atoms with E-state index in [2.05, 4.69) is 20.4 Å². The van der Waals surface area contributed by atoms with Gasteiger partial charge in [0, 0.05) is 25.8 Å². The average Bonchev–Trinajstić information content (AvgIpc) is 3.16. The molecular weight excluding hydrogens is 280 g/mol. The summed E-state index contributed by atoms with van der Waals surface area (Å²) in [5, 5.41) is 6.72. The molecule has 1 amide bonds. The van der Waals surface area contributed by atoms with Crippen molar-refractivity contribution in [3.63, 3.8) is 0 Å². The second kappa shape index (κ2) is 6.17. The predicted molar refractivity (Wildman–Crippen MR) is 82.8 cm³/mol. The first-order valence-corrected chi connectivity index (χ1v) is 7.56. The van der Waals surface area contributed by atoms with Crippen molar-refractivity contribution < 1.29 is 9.32 Å². The fourth-order valence-electron chi connectivity index (χ4n) is 2.77. The number of pyridine rings is 1. The summed E-state index contributed by atoms with van der Waals surface area (Å²) in [5.74, 6) is 1.37. The van der Waals surface area contributed by atoms with E-state index in [0.717, 1.165) is 24.5 Å². The highest BCUT2D eigenvalue weighted by molar-refractivity contribution is 5.96. The van der Waals surface area contributed by atoms with Crippen molar-refractivity contribution in [1.29, 1.82) is 0 Å². The van der Waals surface area contributed by atoms with Gasteiger partial charge in [-0.3, -0.25) is 4.79 Å². The Bertz CT molecular complexity index is 655. The van der Waals surface area contributed by atoms with Crippen LogP contribution in [0.4, 0.5) is 5.82 Å². The van der Waals surface area contributed by atoms with E-state index in [-0.39, 0.29) is 5.91 Å². The van der Waals surface area contributed by atoms with Crippen molar-refractivity contribution in [2.75, 3.05) is 18.0 Å². The van der Waals surface area contributed by atoms with Crippen LogP contribution in [0.25, 0.3) is 0 Å². The zero-order valence-corrected chi connectivity index (χ0v) is 12.9. The van der Waals surface area contributed by atoms with Gasteiger partial charge in [-0.05, 0) is 44.4 Å². The van der Waals surface area contributed by atoms with E-state index in [9.17, 15) is 4.79 Å². The number of aryl methyl sites for hydroxylation is 2. The third-order valence-corrected chi connectivity index (χ3v) is 3.95. The lowest BCUT2D eigenvalue weighted by molar-refractivity contribution is 0.0949. The highest BCUT2D eigenvalue weighted by Gasteiger charge is 2.17. The normalized spacial score (nSPS) is 14.4. The molecule has 116 valence electrons. The van der Waals surface area contributed by atoms with Crippen LogP contribution in [0, 0.1) is 13.8 Å². The molecule has 1 N–H and O–H groups in total. The molecular formula is C16H20N4O2. The molecule has 2 aromatic rings. The minimum atomic E-state index is -0.157. The highest BCUT2D eigenvalue weighted by atomic mass is 16.5. The molecule has 0 radical (unpaired) electrons. The topological polar surface area (TPSA) is 71.3 Å². The lowest BCUT2D eigenvalue weighted by Crippen LogP contribution is -2.24. The summed E-state index contributed by atoms with van der Waals surface area (Å²) in [7, 11) is 0. The van der Waals surface area contributed by atoms with Crippen molar-refractivity contribution in [1.82, 2.24) is 15.5 Å². The predicted octanol–water partition coefficient (Wildman–Crippen LogP) is 2.22. The van der Waals surface area contributed by atoms with Gasteiger partial charge in [0.15, 0.2) is 0 Å². The summed E-state index contributed by atoms with van der Waals surface area (Å²) in [6.07, 6.45) is 4.23. The van der Waals surface area contributed by atoms with E-state index in [4.69, 9.17) is 4.52 Å². The Kier molecular flexibility index (Phi) is 4.09. The van der Waals surface area contributed by atoms with Gasteiger partial charge in [0.2, 0.25) is 0 Å². The second-order valence-corrected chi connectivity index (χ2v) is 5.60. The summed E-state index contributed by atoms with van der Waals surface area (Å²) < 4.78 is 5.03. The van der Waals surface area contributed by atoms with E-state index in [1.54, 1.807) is 20.0 Å². The number of nitrogens with zero attached hydrogens (tertiary/aromatic N) is 3. The molecule has 0 saturated carbocycles. The minimum Gasteiger partial charge on any atom is -0.361 e. The Morgan fingerprint density at radius 3 is 2.82 bits per heavy atom. The van der Waals surface area contributed by atoms with E-state index in [1.165, 1.54) is 12.8 Å². The molecule has 2 aromatic heterocycles. The number of anilines is 1. The fourth-order valence-corrected chi connectivity index (χ4v) is 2.77. The third kappa shape index (κ3) is 2.95. The number of rotatable bonds is 4. The zero-order chi connectivity index (χ0) is 15.5. The molecule has 0 aliphatic carbocycles. The van der Waals surface area contributed by atoms with Crippen LogP contribution in [0.3, 0.4) is 0 Å². The molecule has 0 aromatic carbocycles. The molecule has 1 fully saturated rings. The molecule has 22 heavy (non-hydrogen) atoms. The smallest absolute Gasteiger partial charge is 0.257 e. The van der Waals surface area contributed by atoms with Crippen molar-refractivity contribution in [3.8, 4) is 0 Å². The lowest BCUT2D eigenvalue weighted by atomic mass is 10.2. The number of hydrogen-bond donors (Lipinski definition) is 1. The summed E-state index contributed by atoms with van der Waals surface area (Å²) in [6, 6.07) is 3.96. The number of carbonyl (C=O) groups excluding carboxylic acids is 1. The largest absolute Gasteiger partial charge is 0.361 e. The van der Waals surface area contributed by atoms with Crippen molar-refractivity contribution >= 4 is 11.7 Å². The molecule has 6 heteroatoms. The van der Waals surface area contributed by atoms with Crippen molar-refractivity contribution in [3.05, 3.63) is 40.9 Å². The van der Waals surface area contributed by atoms with Gasteiger partial charge in [0.1, 0.15) is 17.1 Å². The van der Waals surface area contributed by atoms with Gasteiger partial charge in [-0.1, -0.05) is 5.16 Å². The van der Waals surface area contributed by atoms with Gasteiger partial charge in [-0.15, -0.1) is 0 Å². The number of amides is 1. The maximum Gasteiger partial charge on any atom is 0.257 e. The van der Waals surface area contributed by atoms with Crippen molar-refractivity contribution in [2.45, 2.75) is 33.2 Å². The van der Waals surface area contributed by atoms with Gasteiger partial charge in [-0.2, -0.15) is 0 Å². The summed E-state index contributed by atoms with van der Waals surface area (Å²) in [5.41, 5.74) is 2.17. The molecule has 0 atom stereocenters. The lowest BCUT2D eigenvalue weighted by Gasteiger charge is -2.17. The molecule has 0 unspecified atom stereocenters. The molecule has 3 rings (SSSR count). The fraction of sp³-hybridized carbons (Fsp3) is 0.438. The summed E-state index contributed by atoms with van der Waals surface area (Å²) in [6.45, 7) is 6.09. The summed E-state index contributed by atoms with van der Waals surface area (Å²) >= 11 is 0. The molecule has 0 spiro atoms. The van der Waals surface area contributed by atoms with Crippen molar-refractivity contribution in [2.24, 2.45) is 0 Å². The van der Waals surface area contributed by atoms with Crippen LogP contribution in [0.1, 0.15) is 40.2 Å². The van der Waals surface area contributed by atoms with Crippen LogP contribution in [-0.2, 0) is 6.54 Å². The van der Waals surface area contributed by atoms with E-state index >= 15 is 0 Å². The Hall–Kier alpha value is -2.37. The monoisotopic (exact) mass is 300 g/mol. The molecule has 0 bridgehead atoms. The maximum absolute atomic E-state index is 12.2. The molecule has 1 saturated heterocycles. The number of hydrogen-bond acceptors (Lipinski definition) is 5. The quantitative estimate of drug-likeness (QED) is 0.937. The highest BCUT2D eigenvalue weighted by Crippen LogP contribution is 2.18. The Labute approximate surface area is 129 Å².